The summed E-state index contributed by atoms with van der Waals surface area (Å²) in [7, 11) is 1.53. The van der Waals surface area contributed by atoms with E-state index in [4.69, 9.17) is 9.47 Å². The Morgan fingerprint density at radius 1 is 1.40 bits per heavy atom. The van der Waals surface area contributed by atoms with Gasteiger partial charge in [-0.3, -0.25) is 4.79 Å². The van der Waals surface area contributed by atoms with Crippen LogP contribution in [0, 0.1) is 23.2 Å². The van der Waals surface area contributed by atoms with Crippen LogP contribution in [-0.2, 0) is 4.74 Å². The molecule has 0 unspecified atom stereocenters. The lowest BCUT2D eigenvalue weighted by Crippen LogP contribution is -2.41. The van der Waals surface area contributed by atoms with Gasteiger partial charge in [0.25, 0.3) is 5.91 Å². The van der Waals surface area contributed by atoms with Crippen LogP contribution in [0.4, 0.5) is 5.69 Å². The molecule has 3 aliphatic rings. The molecule has 1 amide bonds. The fourth-order valence-corrected chi connectivity index (χ4v) is 5.51. The third-order valence-corrected chi connectivity index (χ3v) is 6.86. The van der Waals surface area contributed by atoms with Gasteiger partial charge < -0.3 is 19.7 Å². The highest BCUT2D eigenvalue weighted by molar-refractivity contribution is 5.94. The highest BCUT2D eigenvalue weighted by Crippen LogP contribution is 2.55. The first kappa shape index (κ1) is 18.9. The Bertz CT molecular complexity index is 1010. The van der Waals surface area contributed by atoms with E-state index in [1.165, 1.54) is 7.11 Å². The molecule has 3 aliphatic heterocycles. The molecule has 0 aliphatic carbocycles. The highest BCUT2D eigenvalue weighted by Gasteiger charge is 2.63. The summed E-state index contributed by atoms with van der Waals surface area (Å²) in [5.41, 5.74) is 1.77. The van der Waals surface area contributed by atoms with E-state index in [0.29, 0.717) is 29.5 Å². The Morgan fingerprint density at radius 2 is 2.23 bits per heavy atom. The van der Waals surface area contributed by atoms with Crippen LogP contribution in [0.25, 0.3) is 0 Å². The number of fused-ring (bicyclic) bond motifs is 1. The van der Waals surface area contributed by atoms with Gasteiger partial charge in [0.15, 0.2) is 0 Å². The smallest absolute Gasteiger partial charge is 0.251 e. The van der Waals surface area contributed by atoms with Crippen molar-refractivity contribution >= 4 is 11.6 Å². The second-order valence-corrected chi connectivity index (χ2v) is 8.31. The molecule has 1 aromatic carbocycles. The number of anilines is 1. The quantitative estimate of drug-likeness (QED) is 0.823. The van der Waals surface area contributed by atoms with Crippen molar-refractivity contribution in [3.63, 3.8) is 0 Å². The summed E-state index contributed by atoms with van der Waals surface area (Å²) in [5.74, 6) is 0.887. The third kappa shape index (κ3) is 2.91. The van der Waals surface area contributed by atoms with Gasteiger partial charge >= 0.3 is 0 Å². The molecule has 2 aromatic rings. The predicted octanol–water partition coefficient (Wildman–Crippen LogP) is 2.38. The average Bonchev–Trinajstić information content (AvgIpc) is 3.46. The van der Waals surface area contributed by atoms with Crippen molar-refractivity contribution in [1.29, 1.82) is 5.26 Å². The van der Waals surface area contributed by atoms with Crippen molar-refractivity contribution in [2.75, 3.05) is 31.6 Å². The number of amides is 1. The summed E-state index contributed by atoms with van der Waals surface area (Å²) < 4.78 is 11.8. The van der Waals surface area contributed by atoms with Crippen molar-refractivity contribution in [3.05, 3.63) is 53.7 Å². The molecule has 3 fully saturated rings. The molecule has 1 spiro atoms. The number of hydrogen-bond acceptors (Lipinski definition) is 6. The number of nitrogens with zero attached hydrogens (tertiary/aromatic N) is 3. The normalized spacial score (nSPS) is 28.8. The zero-order valence-corrected chi connectivity index (χ0v) is 16.9. The molecular formula is C23H24N4O3. The maximum atomic E-state index is 12.5. The summed E-state index contributed by atoms with van der Waals surface area (Å²) >= 11 is 0. The Kier molecular flexibility index (Phi) is 4.59. The molecule has 154 valence electrons. The van der Waals surface area contributed by atoms with Gasteiger partial charge in [-0.1, -0.05) is 18.2 Å². The second-order valence-electron chi connectivity index (χ2n) is 8.31. The molecular weight excluding hydrogens is 380 g/mol. The number of methoxy groups -OCH3 is 1. The molecule has 1 N–H and O–H groups in total. The van der Waals surface area contributed by atoms with Crippen LogP contribution >= 0.6 is 0 Å². The largest absolute Gasteiger partial charge is 0.480 e. The number of carbonyl (C=O) groups excluding carboxylic acids is 1. The summed E-state index contributed by atoms with van der Waals surface area (Å²) in [6.07, 6.45) is 3.90. The molecule has 0 radical (unpaired) electrons. The molecule has 1 aromatic heterocycles. The SMILES string of the molecule is COc1nccc(N2C[C@@H]3[C@H](CNC(=O)c4ccccc4)[C@H]4CC[C@]3(C2)O4)c1C#N. The van der Waals surface area contributed by atoms with Crippen LogP contribution in [0.3, 0.4) is 0 Å². The first-order chi connectivity index (χ1) is 14.6. The average molecular weight is 404 g/mol. The van der Waals surface area contributed by atoms with Gasteiger partial charge in [-0.05, 0) is 31.0 Å². The number of carbonyl (C=O) groups is 1. The lowest BCUT2D eigenvalue weighted by atomic mass is 9.73. The standard InChI is InChI=1S/C23H24N4O3/c1-29-22-16(11-24)19(8-10-25-22)27-13-18-17(20-7-9-23(18,14-27)30-20)12-26-21(28)15-5-3-2-4-6-15/h2-6,8,10,17-18,20H,7,9,12-14H2,1H3,(H,26,28)/t17-,18+,20+,23+/m0/s1. The number of ether oxygens (including phenoxy) is 2. The van der Waals surface area contributed by atoms with Crippen LogP contribution in [0.15, 0.2) is 42.6 Å². The van der Waals surface area contributed by atoms with Crippen LogP contribution < -0.4 is 15.0 Å². The Morgan fingerprint density at radius 3 is 3.00 bits per heavy atom. The summed E-state index contributed by atoms with van der Waals surface area (Å²) in [5, 5.41) is 12.8. The van der Waals surface area contributed by atoms with Crippen molar-refractivity contribution in [3.8, 4) is 11.9 Å². The van der Waals surface area contributed by atoms with E-state index < -0.39 is 0 Å². The maximum absolute atomic E-state index is 12.5. The zero-order chi connectivity index (χ0) is 20.7. The van der Waals surface area contributed by atoms with Crippen molar-refractivity contribution in [2.24, 2.45) is 11.8 Å². The summed E-state index contributed by atoms with van der Waals surface area (Å²) in [6.45, 7) is 2.15. The lowest BCUT2D eigenvalue weighted by Gasteiger charge is -2.29. The number of pyridine rings is 1. The van der Waals surface area contributed by atoms with E-state index in [1.807, 2.05) is 36.4 Å². The molecule has 3 saturated heterocycles. The molecule has 0 saturated carbocycles. The highest BCUT2D eigenvalue weighted by atomic mass is 16.5. The fourth-order valence-electron chi connectivity index (χ4n) is 5.51. The van der Waals surface area contributed by atoms with Gasteiger partial charge in [0.1, 0.15) is 11.6 Å². The predicted molar refractivity (Wildman–Crippen MR) is 110 cm³/mol. The van der Waals surface area contributed by atoms with E-state index in [1.54, 1.807) is 6.20 Å². The molecule has 7 nitrogen and oxygen atoms in total. The minimum atomic E-state index is -0.198. The molecule has 4 heterocycles. The summed E-state index contributed by atoms with van der Waals surface area (Å²) in [6, 6.07) is 13.4. The van der Waals surface area contributed by atoms with Gasteiger partial charge in [0.05, 0.1) is 24.5 Å². The summed E-state index contributed by atoms with van der Waals surface area (Å²) in [4.78, 5) is 18.9. The number of nitrogens with one attached hydrogen (secondary N) is 1. The zero-order valence-electron chi connectivity index (χ0n) is 16.9. The second kappa shape index (κ2) is 7.29. The van der Waals surface area contributed by atoms with Crippen molar-refractivity contribution in [2.45, 2.75) is 24.5 Å². The maximum Gasteiger partial charge on any atom is 0.251 e. The Balaban J connectivity index is 1.34. The van der Waals surface area contributed by atoms with Crippen LogP contribution in [0.1, 0.15) is 28.8 Å². The first-order valence-corrected chi connectivity index (χ1v) is 10.3. The van der Waals surface area contributed by atoms with Gasteiger partial charge in [-0.25, -0.2) is 4.98 Å². The first-order valence-electron chi connectivity index (χ1n) is 10.3. The van der Waals surface area contributed by atoms with E-state index >= 15 is 0 Å². The number of benzene rings is 1. The fraction of sp³-hybridized carbons (Fsp3) is 0.435. The van der Waals surface area contributed by atoms with E-state index in [2.05, 4.69) is 21.3 Å². The minimum Gasteiger partial charge on any atom is -0.480 e. The molecule has 7 heteroatoms. The van der Waals surface area contributed by atoms with Gasteiger partial charge in [-0.2, -0.15) is 5.26 Å². The molecule has 30 heavy (non-hydrogen) atoms. The van der Waals surface area contributed by atoms with Gasteiger partial charge in [-0.15, -0.1) is 0 Å². The monoisotopic (exact) mass is 404 g/mol. The van der Waals surface area contributed by atoms with Crippen molar-refractivity contribution < 1.29 is 14.3 Å². The minimum absolute atomic E-state index is 0.0482. The third-order valence-electron chi connectivity index (χ3n) is 6.86. The Hall–Kier alpha value is -3.11. The van der Waals surface area contributed by atoms with E-state index in [0.717, 1.165) is 31.6 Å². The number of hydrogen-bond donors (Lipinski definition) is 1. The van der Waals surface area contributed by atoms with Crippen LogP contribution in [-0.4, -0.2) is 49.3 Å². The topological polar surface area (TPSA) is 87.5 Å². The van der Waals surface area contributed by atoms with E-state index in [9.17, 15) is 10.1 Å². The van der Waals surface area contributed by atoms with Gasteiger partial charge in [0.2, 0.25) is 5.88 Å². The number of nitriles is 1. The van der Waals surface area contributed by atoms with E-state index in [-0.39, 0.29) is 23.5 Å². The van der Waals surface area contributed by atoms with Gasteiger partial charge in [0, 0.05) is 43.2 Å². The molecule has 4 atom stereocenters. The Labute approximate surface area is 175 Å². The van der Waals surface area contributed by atoms with Crippen LogP contribution in [0.2, 0.25) is 0 Å². The lowest BCUT2D eigenvalue weighted by molar-refractivity contribution is 0.0141. The number of rotatable bonds is 5. The van der Waals surface area contributed by atoms with Crippen LogP contribution in [0.5, 0.6) is 5.88 Å². The molecule has 5 rings (SSSR count). The van der Waals surface area contributed by atoms with Crippen molar-refractivity contribution in [1.82, 2.24) is 10.3 Å². The number of aromatic nitrogens is 1. The molecule has 2 bridgehead atoms.